The molecule has 2 aromatic rings. The number of aliphatic hydroxyl groups is 1. The third-order valence-corrected chi connectivity index (χ3v) is 6.32. The molecule has 0 spiro atoms. The van der Waals surface area contributed by atoms with Gasteiger partial charge >= 0.3 is 0 Å². The minimum Gasteiger partial charge on any atom is -0.497 e. The zero-order valence-corrected chi connectivity index (χ0v) is 15.4. The lowest BCUT2D eigenvalue weighted by Crippen LogP contribution is -2.55. The molecule has 1 aromatic heterocycles. The van der Waals surface area contributed by atoms with Crippen molar-refractivity contribution < 1.29 is 9.84 Å². The molecule has 2 unspecified atom stereocenters. The first-order chi connectivity index (χ1) is 12.1. The first kappa shape index (κ1) is 16.8. The Balaban J connectivity index is 1.71. The lowest BCUT2D eigenvalue weighted by Gasteiger charge is -2.51. The predicted octanol–water partition coefficient (Wildman–Crippen LogP) is 3.71. The molecular weight excluding hydrogens is 312 g/mol. The summed E-state index contributed by atoms with van der Waals surface area (Å²) in [6.45, 7) is 6.55. The zero-order valence-electron chi connectivity index (χ0n) is 15.4. The Morgan fingerprint density at radius 3 is 2.88 bits per heavy atom. The minimum absolute atomic E-state index is 0.220. The molecule has 1 N–H and O–H groups in total. The Hall–Kier alpha value is -1.65. The summed E-state index contributed by atoms with van der Waals surface area (Å²) in [7, 11) is 1.68. The molecule has 5 atom stereocenters. The Morgan fingerprint density at radius 1 is 1.36 bits per heavy atom. The quantitative estimate of drug-likeness (QED) is 0.922. The van der Waals surface area contributed by atoms with Crippen LogP contribution in [0, 0.1) is 18.8 Å². The maximum atomic E-state index is 11.3. The van der Waals surface area contributed by atoms with Gasteiger partial charge in [-0.2, -0.15) is 0 Å². The van der Waals surface area contributed by atoms with Gasteiger partial charge in [0.1, 0.15) is 5.75 Å². The second-order valence-corrected chi connectivity index (χ2v) is 7.70. The molecule has 2 bridgehead atoms. The summed E-state index contributed by atoms with van der Waals surface area (Å²) in [4.78, 5) is 7.15. The third kappa shape index (κ3) is 2.91. The molecule has 3 saturated heterocycles. The molecule has 0 amide bonds. The average molecular weight is 340 g/mol. The maximum Gasteiger partial charge on any atom is 0.119 e. The zero-order chi connectivity index (χ0) is 17.6. The number of benzene rings is 1. The van der Waals surface area contributed by atoms with E-state index in [9.17, 15) is 5.11 Å². The summed E-state index contributed by atoms with van der Waals surface area (Å²) in [5.74, 6) is 2.37. The molecule has 134 valence electrons. The Morgan fingerprint density at radius 2 is 2.20 bits per heavy atom. The smallest absolute Gasteiger partial charge is 0.119 e. The van der Waals surface area contributed by atoms with Crippen LogP contribution in [0.5, 0.6) is 5.75 Å². The Kier molecular flexibility index (Phi) is 4.42. The van der Waals surface area contributed by atoms with Gasteiger partial charge in [0.2, 0.25) is 0 Å². The number of hydrogen-bond donors (Lipinski definition) is 1. The number of nitrogens with zero attached hydrogens (tertiary/aromatic N) is 2. The first-order valence-electron chi connectivity index (χ1n) is 9.48. The van der Waals surface area contributed by atoms with Crippen molar-refractivity contribution in [3.05, 3.63) is 35.5 Å². The van der Waals surface area contributed by atoms with Gasteiger partial charge in [0.25, 0.3) is 0 Å². The van der Waals surface area contributed by atoms with Crippen LogP contribution in [0.1, 0.15) is 43.5 Å². The van der Waals surface area contributed by atoms with E-state index in [4.69, 9.17) is 4.74 Å². The van der Waals surface area contributed by atoms with Crippen molar-refractivity contribution in [2.75, 3.05) is 20.2 Å². The number of rotatable bonds is 4. The fourth-order valence-electron chi connectivity index (χ4n) is 4.92. The molecule has 0 saturated carbocycles. The van der Waals surface area contributed by atoms with Crippen molar-refractivity contribution in [1.82, 2.24) is 9.88 Å². The largest absolute Gasteiger partial charge is 0.497 e. The van der Waals surface area contributed by atoms with Gasteiger partial charge in [-0.05, 0) is 68.0 Å². The molecule has 4 heteroatoms. The molecule has 25 heavy (non-hydrogen) atoms. The highest BCUT2D eigenvalue weighted by atomic mass is 16.5. The Bertz CT molecular complexity index is 776. The van der Waals surface area contributed by atoms with Crippen LogP contribution in [0.15, 0.2) is 24.3 Å². The summed E-state index contributed by atoms with van der Waals surface area (Å²) < 4.78 is 5.39. The molecule has 4 heterocycles. The molecular formula is C21H28N2O2. The normalized spacial score (nSPS) is 29.8. The SMILES string of the molecule is CC[C@H]1CN2CCC1C[C@H]2[C@H](O)c1cc(C)nc2ccc(OC)cc12. The van der Waals surface area contributed by atoms with E-state index in [2.05, 4.69) is 16.8 Å². The van der Waals surface area contributed by atoms with Crippen molar-refractivity contribution in [3.8, 4) is 5.75 Å². The maximum absolute atomic E-state index is 11.3. The van der Waals surface area contributed by atoms with Gasteiger partial charge in [0.15, 0.2) is 0 Å². The van der Waals surface area contributed by atoms with E-state index in [1.54, 1.807) is 7.11 Å². The highest BCUT2D eigenvalue weighted by molar-refractivity contribution is 5.84. The van der Waals surface area contributed by atoms with Crippen molar-refractivity contribution in [2.24, 2.45) is 11.8 Å². The van der Waals surface area contributed by atoms with E-state index in [0.717, 1.165) is 59.3 Å². The highest BCUT2D eigenvalue weighted by Gasteiger charge is 2.42. The van der Waals surface area contributed by atoms with Gasteiger partial charge in [-0.25, -0.2) is 0 Å². The summed E-state index contributed by atoms with van der Waals surface area (Å²) in [5, 5.41) is 12.3. The lowest BCUT2D eigenvalue weighted by molar-refractivity contribution is -0.0562. The molecule has 5 rings (SSSR count). The standard InChI is InChI=1S/C21H28N2O2/c1-4-14-12-23-8-7-15(14)10-20(23)21(24)18-9-13(2)22-19-6-5-16(25-3)11-17(18)19/h5-6,9,11,14-15,20-21,24H,4,7-8,10,12H2,1-3H3/t14-,15?,20-,21+/m0/s1. The highest BCUT2D eigenvalue weighted by Crippen LogP contribution is 2.43. The van der Waals surface area contributed by atoms with Crippen molar-refractivity contribution >= 4 is 10.9 Å². The van der Waals surface area contributed by atoms with Gasteiger partial charge in [0.05, 0.1) is 18.7 Å². The molecule has 3 aliphatic heterocycles. The number of aliphatic hydroxyl groups excluding tert-OH is 1. The first-order valence-corrected chi connectivity index (χ1v) is 9.48. The van der Waals surface area contributed by atoms with Gasteiger partial charge in [0, 0.05) is 23.7 Å². The Labute approximate surface area is 149 Å². The van der Waals surface area contributed by atoms with Crippen molar-refractivity contribution in [2.45, 2.75) is 45.3 Å². The van der Waals surface area contributed by atoms with E-state index < -0.39 is 6.10 Å². The summed E-state index contributed by atoms with van der Waals surface area (Å²) in [6, 6.07) is 8.19. The van der Waals surface area contributed by atoms with E-state index in [1.807, 2.05) is 31.2 Å². The predicted molar refractivity (Wildman–Crippen MR) is 99.9 cm³/mol. The second kappa shape index (κ2) is 6.58. The van der Waals surface area contributed by atoms with Crippen LogP contribution in [0.2, 0.25) is 0 Å². The van der Waals surface area contributed by atoms with Crippen LogP contribution in [-0.2, 0) is 0 Å². The van der Waals surface area contributed by atoms with E-state index in [-0.39, 0.29) is 6.04 Å². The topological polar surface area (TPSA) is 45.6 Å². The monoisotopic (exact) mass is 340 g/mol. The fourth-order valence-corrected chi connectivity index (χ4v) is 4.92. The number of hydrogen-bond acceptors (Lipinski definition) is 4. The van der Waals surface area contributed by atoms with Crippen LogP contribution in [0.4, 0.5) is 0 Å². The number of methoxy groups -OCH3 is 1. The molecule has 4 nitrogen and oxygen atoms in total. The molecule has 0 aliphatic carbocycles. The van der Waals surface area contributed by atoms with Crippen molar-refractivity contribution in [1.29, 1.82) is 0 Å². The third-order valence-electron chi connectivity index (χ3n) is 6.32. The molecule has 3 fully saturated rings. The lowest BCUT2D eigenvalue weighted by atomic mass is 9.72. The summed E-state index contributed by atoms with van der Waals surface area (Å²) >= 11 is 0. The molecule has 1 aromatic carbocycles. The van der Waals surface area contributed by atoms with Crippen LogP contribution in [0.3, 0.4) is 0 Å². The second-order valence-electron chi connectivity index (χ2n) is 7.70. The van der Waals surface area contributed by atoms with Crippen LogP contribution in [-0.4, -0.2) is 41.2 Å². The van der Waals surface area contributed by atoms with E-state index in [1.165, 1.54) is 12.8 Å². The number of ether oxygens (including phenoxy) is 1. The van der Waals surface area contributed by atoms with Crippen LogP contribution < -0.4 is 4.74 Å². The van der Waals surface area contributed by atoms with Gasteiger partial charge in [-0.1, -0.05) is 13.3 Å². The van der Waals surface area contributed by atoms with Crippen LogP contribution >= 0.6 is 0 Å². The number of aromatic nitrogens is 1. The van der Waals surface area contributed by atoms with Crippen molar-refractivity contribution in [3.63, 3.8) is 0 Å². The fraction of sp³-hybridized carbons (Fsp3) is 0.571. The van der Waals surface area contributed by atoms with Gasteiger partial charge in [-0.15, -0.1) is 0 Å². The molecule has 3 aliphatic rings. The minimum atomic E-state index is -0.475. The average Bonchev–Trinajstić information content (AvgIpc) is 2.66. The summed E-state index contributed by atoms with van der Waals surface area (Å²) in [6.07, 6.45) is 3.16. The number of aryl methyl sites for hydroxylation is 1. The number of pyridine rings is 1. The van der Waals surface area contributed by atoms with Crippen LogP contribution in [0.25, 0.3) is 10.9 Å². The molecule has 0 radical (unpaired) electrons. The van der Waals surface area contributed by atoms with E-state index in [0.29, 0.717) is 0 Å². The van der Waals surface area contributed by atoms with Gasteiger partial charge in [-0.3, -0.25) is 9.88 Å². The number of piperidine rings is 3. The van der Waals surface area contributed by atoms with E-state index >= 15 is 0 Å². The summed E-state index contributed by atoms with van der Waals surface area (Å²) in [5.41, 5.74) is 2.87. The van der Waals surface area contributed by atoms with Gasteiger partial charge < -0.3 is 9.84 Å². The number of fused-ring (bicyclic) bond motifs is 4.